The Hall–Kier alpha value is -1.47. The topological polar surface area (TPSA) is 84.2 Å². The SMILES string of the molecule is N[C@H]1CCc2sc(NC(=O)[C@H]3C[C@@H]3F)c(C(=O)NCC3CC3)c2C1. The molecule has 0 spiro atoms. The summed E-state index contributed by atoms with van der Waals surface area (Å²) in [5.74, 6) is -0.436. The van der Waals surface area contributed by atoms with Crippen molar-refractivity contribution in [3.05, 3.63) is 16.0 Å². The van der Waals surface area contributed by atoms with Crippen LogP contribution in [-0.4, -0.2) is 30.6 Å². The van der Waals surface area contributed by atoms with Crippen molar-refractivity contribution in [2.45, 2.75) is 50.7 Å². The first-order chi connectivity index (χ1) is 11.5. The predicted octanol–water partition coefficient (Wildman–Crippen LogP) is 2.00. The number of rotatable bonds is 5. The van der Waals surface area contributed by atoms with Crippen molar-refractivity contribution in [3.8, 4) is 0 Å². The zero-order chi connectivity index (χ0) is 16.8. The Balaban J connectivity index is 1.58. The molecule has 3 aliphatic carbocycles. The molecule has 5 nitrogen and oxygen atoms in total. The van der Waals surface area contributed by atoms with E-state index < -0.39 is 12.1 Å². The molecule has 1 aromatic rings. The van der Waals surface area contributed by atoms with Gasteiger partial charge in [0.15, 0.2) is 0 Å². The number of alkyl halides is 1. The van der Waals surface area contributed by atoms with Crippen LogP contribution < -0.4 is 16.4 Å². The van der Waals surface area contributed by atoms with Gasteiger partial charge >= 0.3 is 0 Å². The molecular weight excluding hydrogens is 329 g/mol. The van der Waals surface area contributed by atoms with Gasteiger partial charge in [0.25, 0.3) is 5.91 Å². The maximum Gasteiger partial charge on any atom is 0.254 e. The van der Waals surface area contributed by atoms with E-state index in [-0.39, 0.29) is 24.3 Å². The molecule has 4 N–H and O–H groups in total. The van der Waals surface area contributed by atoms with Crippen molar-refractivity contribution < 1.29 is 14.0 Å². The number of carbonyl (C=O) groups is 2. The van der Waals surface area contributed by atoms with Crippen molar-refractivity contribution >= 4 is 28.2 Å². The van der Waals surface area contributed by atoms with Gasteiger partial charge in [0.1, 0.15) is 11.2 Å². The highest BCUT2D eigenvalue weighted by Gasteiger charge is 2.44. The van der Waals surface area contributed by atoms with Crippen LogP contribution in [0.4, 0.5) is 9.39 Å². The van der Waals surface area contributed by atoms with Gasteiger partial charge in [0.2, 0.25) is 5.91 Å². The fourth-order valence-corrected chi connectivity index (χ4v) is 4.47. The van der Waals surface area contributed by atoms with Crippen LogP contribution in [0.1, 0.15) is 46.5 Å². The number of halogens is 1. The van der Waals surface area contributed by atoms with E-state index in [0.29, 0.717) is 29.4 Å². The fourth-order valence-electron chi connectivity index (χ4n) is 3.23. The normalized spacial score (nSPS) is 28.2. The molecule has 1 aromatic heterocycles. The highest BCUT2D eigenvalue weighted by atomic mass is 32.1. The molecule has 3 aliphatic rings. The Morgan fingerprint density at radius 3 is 2.71 bits per heavy atom. The molecule has 0 saturated heterocycles. The minimum absolute atomic E-state index is 0.0456. The van der Waals surface area contributed by atoms with E-state index in [0.717, 1.165) is 36.1 Å². The van der Waals surface area contributed by atoms with Crippen LogP contribution >= 0.6 is 11.3 Å². The van der Waals surface area contributed by atoms with Gasteiger partial charge in [-0.2, -0.15) is 0 Å². The summed E-state index contributed by atoms with van der Waals surface area (Å²) in [5, 5.41) is 6.34. The van der Waals surface area contributed by atoms with Gasteiger partial charge in [-0.25, -0.2) is 4.39 Å². The van der Waals surface area contributed by atoms with Gasteiger partial charge in [0.05, 0.1) is 11.5 Å². The van der Waals surface area contributed by atoms with Crippen LogP contribution in [0.2, 0.25) is 0 Å². The quantitative estimate of drug-likeness (QED) is 0.759. The molecule has 7 heteroatoms. The van der Waals surface area contributed by atoms with E-state index >= 15 is 0 Å². The lowest BCUT2D eigenvalue weighted by molar-refractivity contribution is -0.117. The minimum atomic E-state index is -1.04. The molecule has 3 atom stereocenters. The van der Waals surface area contributed by atoms with Gasteiger partial charge in [-0.05, 0) is 50.0 Å². The Bertz CT molecular complexity index is 686. The minimum Gasteiger partial charge on any atom is -0.352 e. The second-order valence-electron chi connectivity index (χ2n) is 7.21. The smallest absolute Gasteiger partial charge is 0.254 e. The van der Waals surface area contributed by atoms with Crippen molar-refractivity contribution in [3.63, 3.8) is 0 Å². The summed E-state index contributed by atoms with van der Waals surface area (Å²) >= 11 is 1.45. The average Bonchev–Trinajstić information content (AvgIpc) is 3.44. The molecule has 130 valence electrons. The van der Waals surface area contributed by atoms with Crippen LogP contribution in [0.25, 0.3) is 0 Å². The third-order valence-electron chi connectivity index (χ3n) is 5.06. The molecule has 0 radical (unpaired) electrons. The summed E-state index contributed by atoms with van der Waals surface area (Å²) in [7, 11) is 0. The summed E-state index contributed by atoms with van der Waals surface area (Å²) < 4.78 is 13.1. The van der Waals surface area contributed by atoms with Crippen LogP contribution in [0, 0.1) is 11.8 Å². The number of nitrogens with two attached hydrogens (primary N) is 1. The molecule has 0 bridgehead atoms. The lowest BCUT2D eigenvalue weighted by Crippen LogP contribution is -2.31. The summed E-state index contributed by atoms with van der Waals surface area (Å²) in [4.78, 5) is 25.9. The van der Waals surface area contributed by atoms with E-state index in [9.17, 15) is 14.0 Å². The molecule has 0 unspecified atom stereocenters. The van der Waals surface area contributed by atoms with E-state index in [1.165, 1.54) is 11.3 Å². The fraction of sp³-hybridized carbons (Fsp3) is 0.647. The Morgan fingerprint density at radius 2 is 2.04 bits per heavy atom. The zero-order valence-corrected chi connectivity index (χ0v) is 14.3. The van der Waals surface area contributed by atoms with E-state index in [1.807, 2.05) is 0 Å². The largest absolute Gasteiger partial charge is 0.352 e. The number of hydrogen-bond acceptors (Lipinski definition) is 4. The second kappa shape index (κ2) is 6.11. The first-order valence-electron chi connectivity index (χ1n) is 8.66. The van der Waals surface area contributed by atoms with Gasteiger partial charge in [0, 0.05) is 17.5 Å². The van der Waals surface area contributed by atoms with Gasteiger partial charge < -0.3 is 16.4 Å². The molecule has 4 rings (SSSR count). The number of carbonyl (C=O) groups excluding carboxylic acids is 2. The van der Waals surface area contributed by atoms with Crippen molar-refractivity contribution in [2.24, 2.45) is 17.6 Å². The maximum absolute atomic E-state index is 13.1. The van der Waals surface area contributed by atoms with Gasteiger partial charge in [-0.1, -0.05) is 0 Å². The number of thiophene rings is 1. The lowest BCUT2D eigenvalue weighted by Gasteiger charge is -2.19. The molecule has 1 heterocycles. The van der Waals surface area contributed by atoms with Crippen LogP contribution in [0.5, 0.6) is 0 Å². The third kappa shape index (κ3) is 3.19. The average molecular weight is 351 g/mol. The van der Waals surface area contributed by atoms with E-state index in [1.54, 1.807) is 0 Å². The lowest BCUT2D eigenvalue weighted by atomic mass is 9.91. The standard InChI is InChI=1S/C17H22FN3O2S/c18-12-6-10(12)15(22)21-17-14(16(23)20-7-8-1-2-8)11-5-9(19)3-4-13(11)24-17/h8-10,12H,1-7,19H2,(H,20,23)(H,21,22)/t9-,10-,12-/m0/s1. The molecule has 2 amide bonds. The molecule has 2 saturated carbocycles. The van der Waals surface area contributed by atoms with Crippen LogP contribution in [-0.2, 0) is 17.6 Å². The van der Waals surface area contributed by atoms with Gasteiger partial charge in [-0.3, -0.25) is 9.59 Å². The van der Waals surface area contributed by atoms with Crippen molar-refractivity contribution in [2.75, 3.05) is 11.9 Å². The number of anilines is 1. The number of aryl methyl sites for hydroxylation is 1. The first kappa shape index (κ1) is 16.0. The van der Waals surface area contributed by atoms with Crippen molar-refractivity contribution in [1.29, 1.82) is 0 Å². The molecule has 24 heavy (non-hydrogen) atoms. The number of nitrogens with one attached hydrogen (secondary N) is 2. The van der Waals surface area contributed by atoms with E-state index in [4.69, 9.17) is 5.73 Å². The summed E-state index contributed by atoms with van der Waals surface area (Å²) in [5.41, 5.74) is 7.59. The number of fused-ring (bicyclic) bond motifs is 1. The van der Waals surface area contributed by atoms with E-state index in [2.05, 4.69) is 10.6 Å². The summed E-state index contributed by atoms with van der Waals surface area (Å²) in [6.45, 7) is 0.679. The zero-order valence-electron chi connectivity index (χ0n) is 13.4. The second-order valence-corrected chi connectivity index (χ2v) is 8.32. The number of amides is 2. The van der Waals surface area contributed by atoms with Crippen LogP contribution in [0.15, 0.2) is 0 Å². The van der Waals surface area contributed by atoms with Gasteiger partial charge in [-0.15, -0.1) is 11.3 Å². The van der Waals surface area contributed by atoms with Crippen molar-refractivity contribution in [1.82, 2.24) is 5.32 Å². The Kier molecular flexibility index (Phi) is 4.08. The van der Waals surface area contributed by atoms with Crippen LogP contribution in [0.3, 0.4) is 0 Å². The first-order valence-corrected chi connectivity index (χ1v) is 9.47. The highest BCUT2D eigenvalue weighted by molar-refractivity contribution is 7.17. The maximum atomic E-state index is 13.1. The highest BCUT2D eigenvalue weighted by Crippen LogP contribution is 2.40. The molecule has 0 aromatic carbocycles. The molecule has 0 aliphatic heterocycles. The Morgan fingerprint density at radius 1 is 1.29 bits per heavy atom. The molecular formula is C17H22FN3O2S. The number of hydrogen-bond donors (Lipinski definition) is 3. The predicted molar refractivity (Wildman–Crippen MR) is 91.0 cm³/mol. The summed E-state index contributed by atoms with van der Waals surface area (Å²) in [6, 6.07) is 0.0456. The third-order valence-corrected chi connectivity index (χ3v) is 6.27. The molecule has 2 fully saturated rings. The summed E-state index contributed by atoms with van der Waals surface area (Å²) in [6.07, 6.45) is 3.94. The Labute approximate surface area is 144 Å². The monoisotopic (exact) mass is 351 g/mol.